The molecule has 0 fully saturated rings. The van der Waals surface area contributed by atoms with Crippen LogP contribution < -0.4 is 5.32 Å². The molecular formula is C10H12F3NO. The number of alkyl halides is 2. The first-order valence-electron chi connectivity index (χ1n) is 4.50. The highest BCUT2D eigenvalue weighted by molar-refractivity contribution is 5.34. The van der Waals surface area contributed by atoms with Crippen molar-refractivity contribution < 1.29 is 18.3 Å². The molecule has 1 atom stereocenters. The first-order valence-corrected chi connectivity index (χ1v) is 4.50. The molecule has 0 aliphatic rings. The smallest absolute Gasteiger partial charge is 0.250 e. The average molecular weight is 219 g/mol. The van der Waals surface area contributed by atoms with Crippen LogP contribution in [0.2, 0.25) is 0 Å². The minimum atomic E-state index is -2.47. The van der Waals surface area contributed by atoms with Crippen molar-refractivity contribution in [3.05, 3.63) is 29.6 Å². The molecular weight excluding hydrogens is 207 g/mol. The van der Waals surface area contributed by atoms with Crippen molar-refractivity contribution >= 4 is 0 Å². The summed E-state index contributed by atoms with van der Waals surface area (Å²) in [5, 5.41) is 11.9. The number of rotatable bonds is 4. The molecule has 5 heteroatoms. The SMILES string of the molecule is CC(NCC(F)F)c1cc(F)ccc1O. The lowest BCUT2D eigenvalue weighted by molar-refractivity contribution is 0.142. The summed E-state index contributed by atoms with van der Waals surface area (Å²) in [6, 6.07) is 2.91. The van der Waals surface area contributed by atoms with Crippen molar-refractivity contribution in [3.63, 3.8) is 0 Å². The highest BCUT2D eigenvalue weighted by atomic mass is 19.3. The van der Waals surface area contributed by atoms with Crippen LogP contribution >= 0.6 is 0 Å². The molecule has 0 aliphatic carbocycles. The van der Waals surface area contributed by atoms with Gasteiger partial charge in [0.2, 0.25) is 0 Å². The van der Waals surface area contributed by atoms with Crippen LogP contribution in [0, 0.1) is 5.82 Å². The van der Waals surface area contributed by atoms with Crippen molar-refractivity contribution in [3.8, 4) is 5.75 Å². The molecule has 1 rings (SSSR count). The van der Waals surface area contributed by atoms with Crippen molar-refractivity contribution in [2.45, 2.75) is 19.4 Å². The zero-order valence-electron chi connectivity index (χ0n) is 8.17. The van der Waals surface area contributed by atoms with Crippen molar-refractivity contribution in [2.24, 2.45) is 0 Å². The van der Waals surface area contributed by atoms with E-state index < -0.39 is 24.8 Å². The second kappa shape index (κ2) is 5.02. The molecule has 0 aromatic heterocycles. The number of phenols is 1. The van der Waals surface area contributed by atoms with E-state index >= 15 is 0 Å². The highest BCUT2D eigenvalue weighted by Crippen LogP contribution is 2.24. The molecule has 0 heterocycles. The van der Waals surface area contributed by atoms with Gasteiger partial charge >= 0.3 is 0 Å². The first kappa shape index (κ1) is 11.8. The number of benzene rings is 1. The zero-order chi connectivity index (χ0) is 11.4. The molecule has 0 amide bonds. The summed E-state index contributed by atoms with van der Waals surface area (Å²) in [5.74, 6) is -0.612. The van der Waals surface area contributed by atoms with E-state index in [2.05, 4.69) is 5.32 Å². The summed E-state index contributed by atoms with van der Waals surface area (Å²) >= 11 is 0. The van der Waals surface area contributed by atoms with Crippen molar-refractivity contribution in [1.82, 2.24) is 5.32 Å². The van der Waals surface area contributed by atoms with Gasteiger partial charge in [0.05, 0.1) is 6.54 Å². The van der Waals surface area contributed by atoms with Gasteiger partial charge in [0.25, 0.3) is 6.43 Å². The molecule has 0 saturated carbocycles. The average Bonchev–Trinajstić information content (AvgIpc) is 2.18. The maximum absolute atomic E-state index is 12.8. The molecule has 1 aromatic rings. The van der Waals surface area contributed by atoms with Crippen LogP contribution in [0.25, 0.3) is 0 Å². The van der Waals surface area contributed by atoms with Crippen LogP contribution in [0.15, 0.2) is 18.2 Å². The Morgan fingerprint density at radius 1 is 1.40 bits per heavy atom. The summed E-state index contributed by atoms with van der Waals surface area (Å²) in [4.78, 5) is 0. The molecule has 84 valence electrons. The van der Waals surface area contributed by atoms with Crippen molar-refractivity contribution in [1.29, 1.82) is 0 Å². The molecule has 0 saturated heterocycles. The van der Waals surface area contributed by atoms with Gasteiger partial charge in [0, 0.05) is 11.6 Å². The number of aromatic hydroxyl groups is 1. The van der Waals surface area contributed by atoms with Crippen LogP contribution in [0.1, 0.15) is 18.5 Å². The molecule has 0 radical (unpaired) electrons. The monoisotopic (exact) mass is 219 g/mol. The first-order chi connectivity index (χ1) is 7.00. The van der Waals surface area contributed by atoms with E-state index in [1.807, 2.05) is 0 Å². The minimum Gasteiger partial charge on any atom is -0.508 e. The predicted octanol–water partition coefficient (Wildman–Crippen LogP) is 2.45. The Hall–Kier alpha value is -1.23. The number of halogens is 3. The quantitative estimate of drug-likeness (QED) is 0.815. The van der Waals surface area contributed by atoms with E-state index in [4.69, 9.17) is 0 Å². The summed E-state index contributed by atoms with van der Waals surface area (Å²) in [6.45, 7) is 1.09. The third-order valence-corrected chi connectivity index (χ3v) is 2.03. The molecule has 2 N–H and O–H groups in total. The van der Waals surface area contributed by atoms with E-state index in [-0.39, 0.29) is 11.3 Å². The molecule has 0 aliphatic heterocycles. The molecule has 1 aromatic carbocycles. The summed E-state index contributed by atoms with van der Waals surface area (Å²) in [6.07, 6.45) is -2.47. The standard InChI is InChI=1S/C10H12F3NO/c1-6(14-5-10(12)13)8-4-7(11)2-3-9(8)15/h2-4,6,10,14-15H,5H2,1H3. The third kappa shape index (κ3) is 3.43. The summed E-state index contributed by atoms with van der Waals surface area (Å²) < 4.78 is 36.6. The lowest BCUT2D eigenvalue weighted by atomic mass is 10.1. The fourth-order valence-corrected chi connectivity index (χ4v) is 1.25. The van der Waals surface area contributed by atoms with Gasteiger partial charge in [0.1, 0.15) is 11.6 Å². The highest BCUT2D eigenvalue weighted by Gasteiger charge is 2.12. The Bertz CT molecular complexity index is 330. The predicted molar refractivity (Wildman–Crippen MR) is 50.5 cm³/mol. The van der Waals surface area contributed by atoms with Gasteiger partial charge in [-0.1, -0.05) is 0 Å². The van der Waals surface area contributed by atoms with Crippen LogP contribution in [0.4, 0.5) is 13.2 Å². The van der Waals surface area contributed by atoms with Crippen LogP contribution in [0.3, 0.4) is 0 Å². The van der Waals surface area contributed by atoms with Gasteiger partial charge in [-0.3, -0.25) is 0 Å². The summed E-state index contributed by atoms with van der Waals surface area (Å²) in [7, 11) is 0. The van der Waals surface area contributed by atoms with Gasteiger partial charge in [-0.05, 0) is 25.1 Å². The molecule has 15 heavy (non-hydrogen) atoms. The van der Waals surface area contributed by atoms with Gasteiger partial charge in [-0.25, -0.2) is 13.2 Å². The topological polar surface area (TPSA) is 32.3 Å². The molecule has 2 nitrogen and oxygen atoms in total. The largest absolute Gasteiger partial charge is 0.508 e. The van der Waals surface area contributed by atoms with E-state index in [1.54, 1.807) is 6.92 Å². The number of phenolic OH excluding ortho intramolecular Hbond substituents is 1. The summed E-state index contributed by atoms with van der Waals surface area (Å²) in [5.41, 5.74) is 0.274. The zero-order valence-corrected chi connectivity index (χ0v) is 8.17. The Kier molecular flexibility index (Phi) is 3.96. The number of hydrogen-bond acceptors (Lipinski definition) is 2. The lowest BCUT2D eigenvalue weighted by Crippen LogP contribution is -2.24. The van der Waals surface area contributed by atoms with Crippen LogP contribution in [-0.4, -0.2) is 18.1 Å². The molecule has 0 bridgehead atoms. The maximum Gasteiger partial charge on any atom is 0.250 e. The Labute approximate surface area is 85.7 Å². The Morgan fingerprint density at radius 2 is 2.07 bits per heavy atom. The van der Waals surface area contributed by atoms with E-state index in [9.17, 15) is 18.3 Å². The van der Waals surface area contributed by atoms with E-state index in [1.165, 1.54) is 6.07 Å². The van der Waals surface area contributed by atoms with E-state index in [0.29, 0.717) is 0 Å². The van der Waals surface area contributed by atoms with Gasteiger partial charge in [-0.2, -0.15) is 0 Å². The van der Waals surface area contributed by atoms with Gasteiger partial charge in [-0.15, -0.1) is 0 Å². The Morgan fingerprint density at radius 3 is 2.67 bits per heavy atom. The second-order valence-electron chi connectivity index (χ2n) is 3.22. The van der Waals surface area contributed by atoms with Gasteiger partial charge < -0.3 is 10.4 Å². The maximum atomic E-state index is 12.8. The second-order valence-corrected chi connectivity index (χ2v) is 3.22. The number of nitrogens with one attached hydrogen (secondary N) is 1. The van der Waals surface area contributed by atoms with Crippen molar-refractivity contribution in [2.75, 3.05) is 6.54 Å². The Balaban J connectivity index is 2.72. The van der Waals surface area contributed by atoms with Crippen LogP contribution in [0.5, 0.6) is 5.75 Å². The fourth-order valence-electron chi connectivity index (χ4n) is 1.25. The normalized spacial score (nSPS) is 13.1. The minimum absolute atomic E-state index is 0.106. The third-order valence-electron chi connectivity index (χ3n) is 2.03. The molecule has 0 spiro atoms. The fraction of sp³-hybridized carbons (Fsp3) is 0.400. The van der Waals surface area contributed by atoms with Gasteiger partial charge in [0.15, 0.2) is 0 Å². The van der Waals surface area contributed by atoms with E-state index in [0.717, 1.165) is 12.1 Å². The van der Waals surface area contributed by atoms with Crippen LogP contribution in [-0.2, 0) is 0 Å². The lowest BCUT2D eigenvalue weighted by Gasteiger charge is -2.15. The molecule has 1 unspecified atom stereocenters. The number of hydrogen-bond donors (Lipinski definition) is 2.